The Balaban J connectivity index is 2.00. The number of nitrogens with one attached hydrogen (secondary N) is 2. The zero-order valence-corrected chi connectivity index (χ0v) is 24.0. The van der Waals surface area contributed by atoms with Crippen molar-refractivity contribution in [3.8, 4) is 11.5 Å². The lowest BCUT2D eigenvalue weighted by Crippen LogP contribution is -2.57. The van der Waals surface area contributed by atoms with Gasteiger partial charge in [0.2, 0.25) is 5.91 Å². The van der Waals surface area contributed by atoms with Gasteiger partial charge in [-0.05, 0) is 88.8 Å². The van der Waals surface area contributed by atoms with Crippen LogP contribution in [0.4, 0.5) is 10.5 Å². The topological polar surface area (TPSA) is 117 Å². The number of carbonyl (C=O) groups excluding carboxylic acids is 3. The molecule has 1 saturated carbocycles. The van der Waals surface area contributed by atoms with Crippen LogP contribution in [0.3, 0.4) is 0 Å². The molecule has 1 aliphatic carbocycles. The molecule has 2 atom stereocenters. The number of hydrogen-bond acceptors (Lipinski definition) is 7. The summed E-state index contributed by atoms with van der Waals surface area (Å²) in [6.45, 7) is 5.26. The second kappa shape index (κ2) is 13.6. The van der Waals surface area contributed by atoms with Crippen LogP contribution in [-0.2, 0) is 14.3 Å². The first kappa shape index (κ1) is 30.1. The van der Waals surface area contributed by atoms with Crippen LogP contribution in [0, 0.1) is 0 Å². The van der Waals surface area contributed by atoms with E-state index in [-0.39, 0.29) is 11.8 Å². The fourth-order valence-corrected chi connectivity index (χ4v) is 4.80. The summed E-state index contributed by atoms with van der Waals surface area (Å²) in [5, 5.41) is 16.4. The van der Waals surface area contributed by atoms with Crippen molar-refractivity contribution in [1.29, 1.82) is 0 Å². The number of benzene rings is 2. The molecule has 10 heteroatoms. The largest absolute Gasteiger partial charge is 0.508 e. The fraction of sp³-hybridized carbons (Fsp3) is 0.483. The minimum atomic E-state index is -1.12. The molecule has 0 heterocycles. The highest BCUT2D eigenvalue weighted by Crippen LogP contribution is 2.37. The van der Waals surface area contributed by atoms with Gasteiger partial charge in [0.15, 0.2) is 0 Å². The van der Waals surface area contributed by atoms with Gasteiger partial charge in [0.25, 0.3) is 5.91 Å². The Morgan fingerprint density at radius 2 is 1.77 bits per heavy atom. The quantitative estimate of drug-likeness (QED) is 0.352. The molecule has 3 amide bonds. The Labute approximate surface area is 234 Å². The number of alkyl carbamates (subject to hydrolysis) is 1. The number of amides is 3. The third-order valence-corrected chi connectivity index (χ3v) is 7.08. The first-order valence-corrected chi connectivity index (χ1v) is 14.5. The Morgan fingerprint density at radius 1 is 1.10 bits per heavy atom. The van der Waals surface area contributed by atoms with Crippen molar-refractivity contribution in [1.82, 2.24) is 10.2 Å². The second-order valence-electron chi connectivity index (χ2n) is 10.5. The third-order valence-electron chi connectivity index (χ3n) is 6.44. The Hall–Kier alpha value is -3.40. The van der Waals surface area contributed by atoms with Crippen molar-refractivity contribution in [3.05, 3.63) is 54.1 Å². The van der Waals surface area contributed by atoms with Crippen molar-refractivity contribution >= 4 is 35.4 Å². The molecule has 3 rings (SSSR count). The van der Waals surface area contributed by atoms with E-state index in [0.29, 0.717) is 42.0 Å². The van der Waals surface area contributed by atoms with E-state index >= 15 is 0 Å². The number of nitrogens with zero attached hydrogens (tertiary/aromatic N) is 1. The number of phenolic OH excluding ortho intramolecular Hbond substituents is 1. The standard InChI is InChI=1S/C29H39N3O6S/c1-29(2,3)38-28(36)31-23(17-18-39-5)27(35)32(20-9-8-10-20)25(22-11-6-7-12-24(22)33)26(34)30-19-13-15-21(37-4)16-14-19/h6-7,11-16,20,23,25,33H,8-10,17-18H2,1-5H3,(H,30,34)(H,31,36). The number of methoxy groups -OCH3 is 1. The molecule has 0 saturated heterocycles. The molecule has 0 aromatic heterocycles. The third kappa shape index (κ3) is 8.29. The Morgan fingerprint density at radius 3 is 2.31 bits per heavy atom. The van der Waals surface area contributed by atoms with E-state index in [1.807, 2.05) is 6.26 Å². The van der Waals surface area contributed by atoms with Gasteiger partial charge < -0.3 is 30.1 Å². The van der Waals surface area contributed by atoms with Gasteiger partial charge in [0.05, 0.1) is 7.11 Å². The number of ether oxygens (including phenoxy) is 2. The maximum absolute atomic E-state index is 14.2. The summed E-state index contributed by atoms with van der Waals surface area (Å²) in [6, 6.07) is 11.1. The van der Waals surface area contributed by atoms with Crippen LogP contribution < -0.4 is 15.4 Å². The molecule has 0 radical (unpaired) electrons. The molecular formula is C29H39N3O6S. The van der Waals surface area contributed by atoms with Gasteiger partial charge in [-0.15, -0.1) is 0 Å². The number of phenols is 1. The summed E-state index contributed by atoms with van der Waals surface area (Å²) in [4.78, 5) is 42.3. The van der Waals surface area contributed by atoms with Gasteiger partial charge in [0, 0.05) is 17.3 Å². The molecule has 0 bridgehead atoms. The molecule has 212 valence electrons. The van der Waals surface area contributed by atoms with E-state index in [4.69, 9.17) is 9.47 Å². The molecule has 3 N–H and O–H groups in total. The zero-order valence-electron chi connectivity index (χ0n) is 23.2. The van der Waals surface area contributed by atoms with E-state index < -0.39 is 35.6 Å². The number of anilines is 1. The molecule has 0 aliphatic heterocycles. The predicted molar refractivity (Wildman–Crippen MR) is 153 cm³/mol. The van der Waals surface area contributed by atoms with Crippen molar-refractivity contribution in [2.75, 3.05) is 24.4 Å². The number of para-hydroxylation sites is 1. The van der Waals surface area contributed by atoms with Crippen LogP contribution in [0.5, 0.6) is 11.5 Å². The van der Waals surface area contributed by atoms with Crippen molar-refractivity contribution in [3.63, 3.8) is 0 Å². The summed E-state index contributed by atoms with van der Waals surface area (Å²) in [6.07, 6.45) is 3.93. The molecule has 39 heavy (non-hydrogen) atoms. The van der Waals surface area contributed by atoms with Crippen LogP contribution in [0.15, 0.2) is 48.5 Å². The number of rotatable bonds is 11. The van der Waals surface area contributed by atoms with Crippen molar-refractivity contribution in [2.24, 2.45) is 0 Å². The smallest absolute Gasteiger partial charge is 0.408 e. The SMILES string of the molecule is COc1ccc(NC(=O)C(c2ccccc2O)N(C(=O)C(CCSC)NC(=O)OC(C)(C)C)C2CCC2)cc1. The average Bonchev–Trinajstić information content (AvgIpc) is 2.85. The Bertz CT molecular complexity index is 1130. The number of thioether (sulfide) groups is 1. The summed E-state index contributed by atoms with van der Waals surface area (Å²) in [7, 11) is 1.56. The van der Waals surface area contributed by atoms with E-state index in [1.165, 1.54) is 6.07 Å². The van der Waals surface area contributed by atoms with Gasteiger partial charge in [-0.3, -0.25) is 9.59 Å². The fourth-order valence-electron chi connectivity index (χ4n) is 4.33. The molecule has 1 aliphatic rings. The van der Waals surface area contributed by atoms with Gasteiger partial charge in [-0.25, -0.2) is 4.79 Å². The molecule has 2 unspecified atom stereocenters. The summed E-state index contributed by atoms with van der Waals surface area (Å²) in [5.74, 6) is 0.302. The predicted octanol–water partition coefficient (Wildman–Crippen LogP) is 5.11. The van der Waals surface area contributed by atoms with E-state index in [0.717, 1.165) is 6.42 Å². The maximum atomic E-state index is 14.2. The van der Waals surface area contributed by atoms with Crippen molar-refractivity contribution < 1.29 is 29.0 Å². The van der Waals surface area contributed by atoms with E-state index in [1.54, 1.807) is 87.0 Å². The monoisotopic (exact) mass is 557 g/mol. The lowest BCUT2D eigenvalue weighted by Gasteiger charge is -2.43. The highest BCUT2D eigenvalue weighted by Gasteiger charge is 2.42. The molecule has 0 spiro atoms. The normalized spacial score (nSPS) is 14.9. The molecule has 2 aromatic carbocycles. The minimum absolute atomic E-state index is 0.0923. The average molecular weight is 558 g/mol. The minimum Gasteiger partial charge on any atom is -0.508 e. The van der Waals surface area contributed by atoms with Gasteiger partial charge in [-0.2, -0.15) is 11.8 Å². The molecule has 1 fully saturated rings. The number of carbonyl (C=O) groups is 3. The van der Waals surface area contributed by atoms with Crippen molar-refractivity contribution in [2.45, 2.75) is 70.2 Å². The highest BCUT2D eigenvalue weighted by molar-refractivity contribution is 7.98. The van der Waals surface area contributed by atoms with Gasteiger partial charge in [0.1, 0.15) is 29.2 Å². The van der Waals surface area contributed by atoms with Gasteiger partial charge in [-0.1, -0.05) is 18.2 Å². The second-order valence-corrected chi connectivity index (χ2v) is 11.5. The van der Waals surface area contributed by atoms with E-state index in [2.05, 4.69) is 10.6 Å². The van der Waals surface area contributed by atoms with Crippen LogP contribution in [0.25, 0.3) is 0 Å². The van der Waals surface area contributed by atoms with Gasteiger partial charge >= 0.3 is 6.09 Å². The van der Waals surface area contributed by atoms with Crippen LogP contribution in [0.2, 0.25) is 0 Å². The van der Waals surface area contributed by atoms with E-state index in [9.17, 15) is 19.5 Å². The summed E-state index contributed by atoms with van der Waals surface area (Å²) in [5.41, 5.74) is 0.0965. The highest BCUT2D eigenvalue weighted by atomic mass is 32.2. The maximum Gasteiger partial charge on any atom is 0.408 e. The van der Waals surface area contributed by atoms with Crippen LogP contribution in [-0.4, -0.2) is 64.7 Å². The first-order chi connectivity index (χ1) is 18.5. The van der Waals surface area contributed by atoms with Crippen LogP contribution in [0.1, 0.15) is 58.1 Å². The number of hydrogen-bond donors (Lipinski definition) is 3. The summed E-state index contributed by atoms with van der Waals surface area (Å²) >= 11 is 1.55. The van der Waals surface area contributed by atoms with Crippen LogP contribution >= 0.6 is 11.8 Å². The molecule has 2 aromatic rings. The zero-order chi connectivity index (χ0) is 28.6. The molecular weight excluding hydrogens is 518 g/mol. The summed E-state index contributed by atoms with van der Waals surface area (Å²) < 4.78 is 10.6. The lowest BCUT2D eigenvalue weighted by atomic mass is 9.87. The lowest BCUT2D eigenvalue weighted by molar-refractivity contribution is -0.145. The number of aromatic hydroxyl groups is 1. The Kier molecular flexibility index (Phi) is 10.5. The first-order valence-electron chi connectivity index (χ1n) is 13.1. The molecule has 9 nitrogen and oxygen atoms in total.